The smallest absolute Gasteiger partial charge is 0.382 e. The summed E-state index contributed by atoms with van der Waals surface area (Å²) in [5, 5.41) is 15.9. The normalized spacial score (nSPS) is 16.7. The van der Waals surface area contributed by atoms with Gasteiger partial charge in [-0.15, -0.1) is 0 Å². The molecule has 1 aliphatic heterocycles. The molecule has 42 heavy (non-hydrogen) atoms. The fourth-order valence-electron chi connectivity index (χ4n) is 3.55. The van der Waals surface area contributed by atoms with Crippen LogP contribution in [-0.4, -0.2) is 93.1 Å². The largest absolute Gasteiger partial charge is 0.416 e. The minimum Gasteiger partial charge on any atom is -0.382 e. The first kappa shape index (κ1) is 32.5. The van der Waals surface area contributed by atoms with Gasteiger partial charge in [0.2, 0.25) is 0 Å². The van der Waals surface area contributed by atoms with Crippen LogP contribution in [0, 0.1) is 6.92 Å². The van der Waals surface area contributed by atoms with Crippen LogP contribution >= 0.6 is 0 Å². The van der Waals surface area contributed by atoms with Crippen LogP contribution in [-0.2, 0) is 16.0 Å². The molecule has 0 radical (unpaired) electrons. The Morgan fingerprint density at radius 2 is 1.90 bits per heavy atom. The van der Waals surface area contributed by atoms with Crippen LogP contribution in [0.5, 0.6) is 0 Å². The van der Waals surface area contributed by atoms with E-state index in [0.717, 1.165) is 25.9 Å². The minimum absolute atomic E-state index is 0.0371. The standard InChI is InChI=1S/C18H19F3N8O4.C5H9F3O/c1-9-15(27-33-26-9)16(30)22-5-11-6-29-14(24-11)3-10(4-23-29)12(8-32-2)28-7-13(18(19,20)21)25-17(28)31;1-4(2,9-3)5(6,7)8/h3-4,6,12-13H,5,7-8H2,1-2H3,(H,22,30)(H,25,31);1-3H3. The summed E-state index contributed by atoms with van der Waals surface area (Å²) < 4.78 is 89.6. The molecule has 3 aromatic rings. The third kappa shape index (κ3) is 7.44. The number of nitrogens with zero attached hydrogens (tertiary/aromatic N) is 6. The molecule has 0 saturated carbocycles. The number of methoxy groups -OCH3 is 2. The number of urea groups is 1. The SMILES string of the molecule is COC(C)(C)C(F)(F)F.COCC(c1cnn2cc(CNC(=O)c3nonc3C)nc2c1)N1CC(C(F)(F)F)NC1=O. The number of rotatable bonds is 8. The van der Waals surface area contributed by atoms with Gasteiger partial charge >= 0.3 is 18.4 Å². The molecule has 3 amide bonds. The highest BCUT2D eigenvalue weighted by molar-refractivity contribution is 5.92. The molecule has 4 heterocycles. The van der Waals surface area contributed by atoms with E-state index in [0.29, 0.717) is 22.6 Å². The maximum absolute atomic E-state index is 13.1. The average Bonchev–Trinajstić information content (AvgIpc) is 3.62. The molecule has 19 heteroatoms. The summed E-state index contributed by atoms with van der Waals surface area (Å²) in [6.45, 7) is 3.01. The first-order valence-corrected chi connectivity index (χ1v) is 12.1. The van der Waals surface area contributed by atoms with Crippen molar-refractivity contribution in [2.24, 2.45) is 0 Å². The highest BCUT2D eigenvalue weighted by Crippen LogP contribution is 2.32. The molecule has 2 unspecified atom stereocenters. The Labute approximate surface area is 234 Å². The van der Waals surface area contributed by atoms with E-state index in [2.05, 4.69) is 35.1 Å². The first-order valence-electron chi connectivity index (χ1n) is 12.1. The molecule has 0 aliphatic carbocycles. The highest BCUT2D eigenvalue weighted by Gasteiger charge is 2.49. The number of hydrogen-bond donors (Lipinski definition) is 2. The lowest BCUT2D eigenvalue weighted by molar-refractivity contribution is -0.255. The number of nitrogens with one attached hydrogen (secondary N) is 2. The van der Waals surface area contributed by atoms with Crippen molar-refractivity contribution in [3.63, 3.8) is 0 Å². The molecular weight excluding hydrogens is 582 g/mol. The molecule has 1 saturated heterocycles. The van der Waals surface area contributed by atoms with Crippen molar-refractivity contribution >= 4 is 17.6 Å². The van der Waals surface area contributed by atoms with Crippen molar-refractivity contribution < 1.29 is 50.0 Å². The summed E-state index contributed by atoms with van der Waals surface area (Å²) in [7, 11) is 2.42. The number of aryl methyl sites for hydroxylation is 1. The van der Waals surface area contributed by atoms with Gasteiger partial charge in [0.05, 0.1) is 43.8 Å². The maximum Gasteiger partial charge on any atom is 0.416 e. The maximum atomic E-state index is 13.1. The third-order valence-electron chi connectivity index (χ3n) is 6.30. The van der Waals surface area contributed by atoms with Crippen molar-refractivity contribution in [2.45, 2.75) is 57.4 Å². The first-order chi connectivity index (χ1) is 19.5. The van der Waals surface area contributed by atoms with Gasteiger partial charge in [0.15, 0.2) is 16.9 Å². The zero-order valence-corrected chi connectivity index (χ0v) is 23.0. The van der Waals surface area contributed by atoms with Crippen LogP contribution in [0.1, 0.15) is 47.3 Å². The van der Waals surface area contributed by atoms with E-state index >= 15 is 0 Å². The summed E-state index contributed by atoms with van der Waals surface area (Å²) in [5.41, 5.74) is -0.315. The molecule has 4 rings (SSSR count). The number of fused-ring (bicyclic) bond motifs is 1. The Morgan fingerprint density at radius 3 is 2.40 bits per heavy atom. The lowest BCUT2D eigenvalue weighted by Gasteiger charge is -2.26. The number of alkyl halides is 6. The van der Waals surface area contributed by atoms with Crippen LogP contribution in [0.15, 0.2) is 23.1 Å². The molecule has 0 spiro atoms. The lowest BCUT2D eigenvalue weighted by Crippen LogP contribution is -2.40. The van der Waals surface area contributed by atoms with E-state index in [9.17, 15) is 35.9 Å². The molecule has 2 N–H and O–H groups in total. The summed E-state index contributed by atoms with van der Waals surface area (Å²) in [6.07, 6.45) is -5.82. The van der Waals surface area contributed by atoms with Crippen LogP contribution in [0.3, 0.4) is 0 Å². The minimum atomic E-state index is -4.56. The predicted molar refractivity (Wildman–Crippen MR) is 130 cm³/mol. The van der Waals surface area contributed by atoms with Crippen molar-refractivity contribution in [1.82, 2.24) is 40.4 Å². The van der Waals surface area contributed by atoms with E-state index < -0.39 is 48.5 Å². The average molecular weight is 611 g/mol. The van der Waals surface area contributed by atoms with Gasteiger partial charge in [-0.25, -0.2) is 18.9 Å². The molecule has 3 aromatic heterocycles. The number of aromatic nitrogens is 5. The Balaban J connectivity index is 0.000000467. The molecule has 232 valence electrons. The fraction of sp³-hybridized carbons (Fsp3) is 0.565. The monoisotopic (exact) mass is 610 g/mol. The number of ether oxygens (including phenoxy) is 2. The summed E-state index contributed by atoms with van der Waals surface area (Å²) in [4.78, 5) is 29.8. The number of carbonyl (C=O) groups excluding carboxylic acids is 2. The second-order valence-corrected chi connectivity index (χ2v) is 9.58. The van der Waals surface area contributed by atoms with Crippen molar-refractivity contribution in [2.75, 3.05) is 27.4 Å². The van der Waals surface area contributed by atoms with Gasteiger partial charge in [0.25, 0.3) is 5.91 Å². The Hall–Kier alpha value is -4.00. The van der Waals surface area contributed by atoms with Gasteiger partial charge in [-0.3, -0.25) is 4.79 Å². The third-order valence-corrected chi connectivity index (χ3v) is 6.30. The second-order valence-electron chi connectivity index (χ2n) is 9.58. The zero-order chi connectivity index (χ0) is 31.5. The zero-order valence-electron chi connectivity index (χ0n) is 23.0. The predicted octanol–water partition coefficient (Wildman–Crippen LogP) is 2.97. The van der Waals surface area contributed by atoms with Crippen molar-refractivity contribution in [1.29, 1.82) is 0 Å². The van der Waals surface area contributed by atoms with E-state index in [-0.39, 0.29) is 18.8 Å². The quantitative estimate of drug-likeness (QED) is 0.367. The number of carbonyl (C=O) groups is 2. The molecule has 2 atom stereocenters. The van der Waals surface area contributed by atoms with Gasteiger partial charge in [0.1, 0.15) is 11.7 Å². The highest BCUT2D eigenvalue weighted by atomic mass is 19.4. The molecule has 1 fully saturated rings. The Bertz CT molecular complexity index is 1390. The van der Waals surface area contributed by atoms with Crippen LogP contribution in [0.2, 0.25) is 0 Å². The number of halogens is 6. The fourth-order valence-corrected chi connectivity index (χ4v) is 3.55. The van der Waals surface area contributed by atoms with E-state index in [1.165, 1.54) is 17.8 Å². The van der Waals surface area contributed by atoms with E-state index in [4.69, 9.17) is 4.74 Å². The van der Waals surface area contributed by atoms with E-state index in [1.54, 1.807) is 19.2 Å². The molecule has 0 bridgehead atoms. The molecule has 0 aromatic carbocycles. The van der Waals surface area contributed by atoms with Crippen LogP contribution < -0.4 is 10.6 Å². The van der Waals surface area contributed by atoms with Crippen LogP contribution in [0.4, 0.5) is 31.1 Å². The summed E-state index contributed by atoms with van der Waals surface area (Å²) in [5.74, 6) is -0.487. The van der Waals surface area contributed by atoms with Crippen molar-refractivity contribution in [3.05, 3.63) is 41.1 Å². The number of amides is 3. The Kier molecular flexibility index (Phi) is 9.66. The number of hydrogen-bond acceptors (Lipinski definition) is 9. The topological polar surface area (TPSA) is 149 Å². The van der Waals surface area contributed by atoms with Gasteiger partial charge in [0, 0.05) is 19.8 Å². The van der Waals surface area contributed by atoms with Crippen LogP contribution in [0.25, 0.3) is 5.65 Å². The summed E-state index contributed by atoms with van der Waals surface area (Å²) in [6, 6.07) is -2.01. The Morgan fingerprint density at radius 1 is 1.21 bits per heavy atom. The number of imidazole rings is 1. The van der Waals surface area contributed by atoms with Gasteiger partial charge in [-0.2, -0.15) is 31.4 Å². The van der Waals surface area contributed by atoms with Gasteiger partial charge in [-0.1, -0.05) is 5.16 Å². The molecule has 1 aliphatic rings. The second kappa shape index (κ2) is 12.5. The van der Waals surface area contributed by atoms with Crippen molar-refractivity contribution in [3.8, 4) is 0 Å². The van der Waals surface area contributed by atoms with Gasteiger partial charge < -0.3 is 25.0 Å². The lowest BCUT2D eigenvalue weighted by atomic mass is 10.1. The van der Waals surface area contributed by atoms with Gasteiger partial charge in [-0.05, 0) is 32.0 Å². The molecule has 13 nitrogen and oxygen atoms in total. The van der Waals surface area contributed by atoms with E-state index in [1.807, 2.05) is 5.32 Å². The molecular formula is C23H28F6N8O5. The summed E-state index contributed by atoms with van der Waals surface area (Å²) >= 11 is 0.